The summed E-state index contributed by atoms with van der Waals surface area (Å²) in [5.74, 6) is 2.26. The van der Waals surface area contributed by atoms with Gasteiger partial charge < -0.3 is 14.4 Å². The van der Waals surface area contributed by atoms with Gasteiger partial charge in [0.1, 0.15) is 16.9 Å². The molecule has 0 aliphatic carbocycles. The molecule has 0 aromatic heterocycles. The normalized spacial score (nSPS) is 17.4. The van der Waals surface area contributed by atoms with Gasteiger partial charge in [-0.25, -0.2) is 0 Å². The third-order valence-corrected chi connectivity index (χ3v) is 5.10. The first-order chi connectivity index (χ1) is 11.2. The summed E-state index contributed by atoms with van der Waals surface area (Å²) in [6.45, 7) is 0.561. The van der Waals surface area contributed by atoms with Crippen LogP contribution in [-0.4, -0.2) is 30.8 Å². The van der Waals surface area contributed by atoms with Gasteiger partial charge in [-0.3, -0.25) is 4.79 Å². The molecule has 1 saturated heterocycles. The van der Waals surface area contributed by atoms with Gasteiger partial charge in [0.05, 0.1) is 20.0 Å². The molecule has 4 nitrogen and oxygen atoms in total. The molecule has 0 radical (unpaired) electrons. The highest BCUT2D eigenvalue weighted by atomic mass is 32.2. The zero-order valence-corrected chi connectivity index (χ0v) is 14.0. The summed E-state index contributed by atoms with van der Waals surface area (Å²) < 4.78 is 10.7. The molecular weight excluding hydrogens is 310 g/mol. The maximum atomic E-state index is 12.3. The lowest BCUT2D eigenvalue weighted by Crippen LogP contribution is -2.27. The Morgan fingerprint density at radius 1 is 1.13 bits per heavy atom. The number of benzene rings is 2. The van der Waals surface area contributed by atoms with E-state index in [1.54, 1.807) is 26.0 Å². The molecule has 120 valence electrons. The van der Waals surface area contributed by atoms with Crippen molar-refractivity contribution in [2.24, 2.45) is 0 Å². The van der Waals surface area contributed by atoms with Crippen molar-refractivity contribution in [3.63, 3.8) is 0 Å². The average Bonchev–Trinajstić information content (AvgIpc) is 2.95. The first-order valence-electron chi connectivity index (χ1n) is 7.40. The number of carbonyl (C=O) groups excluding carboxylic acids is 1. The number of nitrogens with zero attached hydrogens (tertiary/aromatic N) is 1. The van der Waals surface area contributed by atoms with Crippen molar-refractivity contribution >= 4 is 17.7 Å². The number of methoxy groups -OCH3 is 2. The molecule has 1 unspecified atom stereocenters. The number of rotatable bonds is 5. The van der Waals surface area contributed by atoms with Crippen LogP contribution in [0, 0.1) is 0 Å². The average molecular weight is 329 g/mol. The second kappa shape index (κ2) is 6.96. The molecule has 0 saturated carbocycles. The summed E-state index contributed by atoms with van der Waals surface area (Å²) in [5.41, 5.74) is 2.09. The summed E-state index contributed by atoms with van der Waals surface area (Å²) in [5, 5.41) is -0.0233. The van der Waals surface area contributed by atoms with Crippen molar-refractivity contribution in [2.45, 2.75) is 11.9 Å². The van der Waals surface area contributed by atoms with Crippen molar-refractivity contribution in [3.8, 4) is 11.5 Å². The Morgan fingerprint density at radius 2 is 1.96 bits per heavy atom. The number of hydrogen-bond donors (Lipinski definition) is 0. The van der Waals surface area contributed by atoms with Gasteiger partial charge in [-0.2, -0.15) is 0 Å². The number of hydrogen-bond acceptors (Lipinski definition) is 4. The molecule has 2 aromatic carbocycles. The minimum absolute atomic E-state index is 0.0233. The third-order valence-electron chi connectivity index (χ3n) is 3.86. The third kappa shape index (κ3) is 3.29. The van der Waals surface area contributed by atoms with Crippen LogP contribution in [-0.2, 0) is 11.3 Å². The minimum atomic E-state index is -0.0233. The lowest BCUT2D eigenvalue weighted by Gasteiger charge is -2.25. The molecule has 0 N–H and O–H groups in total. The number of carbonyl (C=O) groups is 1. The van der Waals surface area contributed by atoms with E-state index in [0.717, 1.165) is 22.6 Å². The van der Waals surface area contributed by atoms with E-state index in [1.165, 1.54) is 0 Å². The highest BCUT2D eigenvalue weighted by Crippen LogP contribution is 2.43. The van der Waals surface area contributed by atoms with E-state index in [0.29, 0.717) is 12.3 Å². The summed E-state index contributed by atoms with van der Waals surface area (Å²) in [6, 6.07) is 15.7. The summed E-state index contributed by atoms with van der Waals surface area (Å²) in [4.78, 5) is 14.2. The van der Waals surface area contributed by atoms with Crippen molar-refractivity contribution in [2.75, 3.05) is 20.0 Å². The summed E-state index contributed by atoms with van der Waals surface area (Å²) >= 11 is 1.64. The van der Waals surface area contributed by atoms with Crippen molar-refractivity contribution < 1.29 is 14.3 Å². The van der Waals surface area contributed by atoms with E-state index >= 15 is 0 Å². The second-order valence-electron chi connectivity index (χ2n) is 5.28. The molecule has 2 aromatic rings. The molecule has 5 heteroatoms. The molecule has 0 bridgehead atoms. The van der Waals surface area contributed by atoms with Gasteiger partial charge in [0.25, 0.3) is 0 Å². The highest BCUT2D eigenvalue weighted by Gasteiger charge is 2.34. The topological polar surface area (TPSA) is 38.8 Å². The highest BCUT2D eigenvalue weighted by molar-refractivity contribution is 8.00. The van der Waals surface area contributed by atoms with Gasteiger partial charge in [0.15, 0.2) is 0 Å². The van der Waals surface area contributed by atoms with Crippen LogP contribution in [0.25, 0.3) is 0 Å². The lowest BCUT2D eigenvalue weighted by atomic mass is 10.1. The number of para-hydroxylation sites is 1. The van der Waals surface area contributed by atoms with E-state index in [2.05, 4.69) is 0 Å². The van der Waals surface area contributed by atoms with E-state index < -0.39 is 0 Å². The fourth-order valence-corrected chi connectivity index (χ4v) is 3.93. The SMILES string of the molecule is COc1cccc(CN2C(=O)CSC2c2ccccc2OC)c1. The van der Waals surface area contributed by atoms with Crippen LogP contribution < -0.4 is 9.47 Å². The molecular formula is C18H19NO3S. The van der Waals surface area contributed by atoms with E-state index in [9.17, 15) is 4.79 Å². The lowest BCUT2D eigenvalue weighted by molar-refractivity contribution is -0.128. The first kappa shape index (κ1) is 15.7. The number of amides is 1. The maximum absolute atomic E-state index is 12.3. The van der Waals surface area contributed by atoms with Crippen LogP contribution >= 0.6 is 11.8 Å². The number of ether oxygens (including phenoxy) is 2. The fraction of sp³-hybridized carbons (Fsp3) is 0.278. The predicted octanol–water partition coefficient (Wildman–Crippen LogP) is 3.48. The standard InChI is InChI=1S/C18H19NO3S/c1-21-14-7-5-6-13(10-14)11-19-17(20)12-23-18(19)15-8-3-4-9-16(15)22-2/h3-10,18H,11-12H2,1-2H3. The predicted molar refractivity (Wildman–Crippen MR) is 91.7 cm³/mol. The van der Waals surface area contributed by atoms with Crippen molar-refractivity contribution in [1.82, 2.24) is 4.90 Å². The second-order valence-corrected chi connectivity index (χ2v) is 6.35. The van der Waals surface area contributed by atoms with Crippen LogP contribution in [0.1, 0.15) is 16.5 Å². The molecule has 1 atom stereocenters. The van der Waals surface area contributed by atoms with E-state index in [1.807, 2.05) is 53.4 Å². The summed E-state index contributed by atoms with van der Waals surface area (Å²) in [7, 11) is 3.31. The smallest absolute Gasteiger partial charge is 0.234 e. The minimum Gasteiger partial charge on any atom is -0.497 e. The molecule has 1 amide bonds. The van der Waals surface area contributed by atoms with Crippen molar-refractivity contribution in [1.29, 1.82) is 0 Å². The Labute approximate surface area is 140 Å². The monoisotopic (exact) mass is 329 g/mol. The molecule has 1 aliphatic rings. The van der Waals surface area contributed by atoms with Crippen molar-refractivity contribution in [3.05, 3.63) is 59.7 Å². The Hall–Kier alpha value is -2.14. The van der Waals surface area contributed by atoms with E-state index in [-0.39, 0.29) is 11.3 Å². The molecule has 1 aliphatic heterocycles. The Bertz CT molecular complexity index is 704. The Morgan fingerprint density at radius 3 is 2.74 bits per heavy atom. The molecule has 0 spiro atoms. The molecule has 1 heterocycles. The summed E-state index contributed by atoms with van der Waals surface area (Å²) in [6.07, 6.45) is 0. The van der Waals surface area contributed by atoms with Crippen LogP contribution in [0.5, 0.6) is 11.5 Å². The fourth-order valence-electron chi connectivity index (χ4n) is 2.72. The van der Waals surface area contributed by atoms with Crippen LogP contribution in [0.4, 0.5) is 0 Å². The van der Waals surface area contributed by atoms with Crippen LogP contribution in [0.3, 0.4) is 0 Å². The van der Waals surface area contributed by atoms with Gasteiger partial charge in [0.2, 0.25) is 5.91 Å². The van der Waals surface area contributed by atoms with Gasteiger partial charge in [-0.1, -0.05) is 30.3 Å². The quantitative estimate of drug-likeness (QED) is 0.842. The first-order valence-corrected chi connectivity index (χ1v) is 8.44. The molecule has 3 rings (SSSR count). The Balaban J connectivity index is 1.88. The largest absolute Gasteiger partial charge is 0.497 e. The maximum Gasteiger partial charge on any atom is 0.234 e. The van der Waals surface area contributed by atoms with E-state index in [4.69, 9.17) is 9.47 Å². The molecule has 1 fully saturated rings. The zero-order valence-electron chi connectivity index (χ0n) is 13.2. The number of thioether (sulfide) groups is 1. The Kier molecular flexibility index (Phi) is 4.76. The van der Waals surface area contributed by atoms with Gasteiger partial charge in [0, 0.05) is 12.1 Å². The van der Waals surface area contributed by atoms with Crippen LogP contribution in [0.15, 0.2) is 48.5 Å². The van der Waals surface area contributed by atoms with Crippen LogP contribution in [0.2, 0.25) is 0 Å². The molecule has 23 heavy (non-hydrogen) atoms. The van der Waals surface area contributed by atoms with Gasteiger partial charge in [-0.05, 0) is 23.8 Å². The van der Waals surface area contributed by atoms with Gasteiger partial charge >= 0.3 is 0 Å². The zero-order chi connectivity index (χ0) is 16.2. The van der Waals surface area contributed by atoms with Gasteiger partial charge in [-0.15, -0.1) is 11.8 Å².